The van der Waals surface area contributed by atoms with Crippen LogP contribution in [0.25, 0.3) is 0 Å². The molecular formula is C9H10B3NO4S. The van der Waals surface area contributed by atoms with Gasteiger partial charge in [-0.1, -0.05) is 23.9 Å². The Balaban J connectivity index is 3.21. The fourth-order valence-electron chi connectivity index (χ4n) is 1.18. The van der Waals surface area contributed by atoms with Gasteiger partial charge in [0.05, 0.1) is 0 Å². The Morgan fingerprint density at radius 1 is 1.00 bits per heavy atom. The van der Waals surface area contributed by atoms with E-state index in [4.69, 9.17) is 29.3 Å². The van der Waals surface area contributed by atoms with Gasteiger partial charge in [-0.15, -0.1) is 0 Å². The number of thioether (sulfide) groups is 1. The van der Waals surface area contributed by atoms with Crippen LogP contribution in [0.1, 0.15) is 0 Å². The van der Waals surface area contributed by atoms with Crippen LogP contribution in [0.2, 0.25) is 0 Å². The molecule has 0 saturated carbocycles. The Morgan fingerprint density at radius 3 is 1.89 bits per heavy atom. The zero-order chi connectivity index (χ0) is 14.2. The average Bonchev–Trinajstić information content (AvgIpc) is 2.18. The summed E-state index contributed by atoms with van der Waals surface area (Å²) >= 11 is 0.337. The summed E-state index contributed by atoms with van der Waals surface area (Å²) in [5.41, 5.74) is 2.58. The first kappa shape index (κ1) is 15.5. The zero-order valence-electron chi connectivity index (χ0n) is 9.32. The van der Waals surface area contributed by atoms with E-state index in [-0.39, 0.29) is 10.6 Å². The summed E-state index contributed by atoms with van der Waals surface area (Å²) in [6.45, 7) is 0. The second kappa shape index (κ2) is 4.83. The lowest BCUT2D eigenvalue weighted by atomic mass is 9.57. The predicted molar refractivity (Wildman–Crippen MR) is 71.0 cm³/mol. The number of para-hydroxylation sites is 1. The molecule has 1 aromatic rings. The maximum atomic E-state index is 10.0. The third-order valence-corrected chi connectivity index (χ3v) is 3.73. The van der Waals surface area contributed by atoms with E-state index in [0.717, 1.165) is 0 Å². The van der Waals surface area contributed by atoms with Gasteiger partial charge in [-0.25, -0.2) is 0 Å². The van der Waals surface area contributed by atoms with E-state index in [1.165, 1.54) is 12.1 Å². The van der Waals surface area contributed by atoms with Gasteiger partial charge in [-0.05, 0) is 12.1 Å². The largest absolute Gasteiger partial charge is 0.405 e. The van der Waals surface area contributed by atoms with Crippen molar-refractivity contribution in [3.05, 3.63) is 24.3 Å². The van der Waals surface area contributed by atoms with Gasteiger partial charge in [-0.3, -0.25) is 0 Å². The molecule has 6 radical (unpaired) electrons. The second-order valence-corrected chi connectivity index (χ2v) is 5.07. The molecule has 0 aliphatic rings. The molecule has 5 nitrogen and oxygen atoms in total. The van der Waals surface area contributed by atoms with Gasteiger partial charge in [0.1, 0.15) is 15.7 Å². The highest BCUT2D eigenvalue weighted by Gasteiger charge is 2.54. The predicted octanol–water partition coefficient (Wildman–Crippen LogP) is -2.16. The summed E-state index contributed by atoms with van der Waals surface area (Å²) in [4.78, 5) is -2.68. The molecule has 0 fully saturated rings. The van der Waals surface area contributed by atoms with Crippen LogP contribution < -0.4 is 5.73 Å². The van der Waals surface area contributed by atoms with Gasteiger partial charge >= 0.3 is 0 Å². The van der Waals surface area contributed by atoms with E-state index in [0.29, 0.717) is 11.8 Å². The molecule has 0 aliphatic heterocycles. The first-order valence-corrected chi connectivity index (χ1v) is 5.60. The molecule has 0 aromatic heterocycles. The van der Waals surface area contributed by atoms with Crippen LogP contribution in [0.4, 0.5) is 5.69 Å². The zero-order valence-corrected chi connectivity index (χ0v) is 10.1. The van der Waals surface area contributed by atoms with Crippen LogP contribution >= 0.6 is 11.8 Å². The van der Waals surface area contributed by atoms with E-state index in [1.807, 2.05) is 0 Å². The fourth-order valence-corrected chi connectivity index (χ4v) is 2.15. The van der Waals surface area contributed by atoms with Crippen LogP contribution in [0.3, 0.4) is 0 Å². The number of hydrogen-bond acceptors (Lipinski definition) is 6. The third-order valence-electron chi connectivity index (χ3n) is 2.22. The number of hydrogen-bond donors (Lipinski definition) is 5. The SMILES string of the molecule is [B]C([B])(O)C(O)(Sc1ccccc1N)C([B])(O)O. The van der Waals surface area contributed by atoms with Crippen molar-refractivity contribution in [3.63, 3.8) is 0 Å². The lowest BCUT2D eigenvalue weighted by molar-refractivity contribution is -0.204. The van der Waals surface area contributed by atoms with Crippen molar-refractivity contribution in [3.8, 4) is 0 Å². The molecule has 9 heteroatoms. The maximum absolute atomic E-state index is 10.0. The Labute approximate surface area is 113 Å². The van der Waals surface area contributed by atoms with Gasteiger partial charge in [0.2, 0.25) is 0 Å². The van der Waals surface area contributed by atoms with E-state index < -0.39 is 16.0 Å². The smallest absolute Gasteiger partial charge is 0.169 e. The minimum atomic E-state index is -3.25. The van der Waals surface area contributed by atoms with Gasteiger partial charge in [0.15, 0.2) is 18.5 Å². The highest BCUT2D eigenvalue weighted by Crippen LogP contribution is 2.43. The van der Waals surface area contributed by atoms with Crippen LogP contribution in [0.15, 0.2) is 29.2 Å². The minimum Gasteiger partial charge on any atom is -0.405 e. The van der Waals surface area contributed by atoms with Crippen molar-refractivity contribution in [1.82, 2.24) is 0 Å². The van der Waals surface area contributed by atoms with Crippen molar-refractivity contribution < 1.29 is 20.4 Å². The molecule has 0 bridgehead atoms. The molecule has 0 amide bonds. The molecule has 1 rings (SSSR count). The molecular weight excluding hydrogens is 251 g/mol. The number of aliphatic hydroxyl groups is 4. The van der Waals surface area contributed by atoms with E-state index in [1.54, 1.807) is 12.1 Å². The Bertz CT molecular complexity index is 419. The highest BCUT2D eigenvalue weighted by molar-refractivity contribution is 8.01. The fraction of sp³-hybridized carbons (Fsp3) is 0.333. The standard InChI is InChI=1S/C9H10B3NO4S/c10-8(11,15)7(14,9(12,16)17)18-6-4-2-1-3-5(6)13/h1-4,14-17H,13H2. The molecule has 90 valence electrons. The number of nitrogen functional groups attached to an aromatic ring is 1. The molecule has 6 N–H and O–H groups in total. The van der Waals surface area contributed by atoms with Crippen molar-refractivity contribution in [2.75, 3.05) is 5.73 Å². The van der Waals surface area contributed by atoms with Crippen molar-refractivity contribution in [2.45, 2.75) is 20.9 Å². The highest BCUT2D eigenvalue weighted by atomic mass is 32.2. The summed E-state index contributed by atoms with van der Waals surface area (Å²) in [5.74, 6) is 0. The summed E-state index contributed by atoms with van der Waals surface area (Å²) in [6.07, 6.45) is 0. The molecule has 1 unspecified atom stereocenters. The second-order valence-electron chi connectivity index (χ2n) is 3.84. The Morgan fingerprint density at radius 2 is 1.50 bits per heavy atom. The summed E-state index contributed by atoms with van der Waals surface area (Å²) in [6, 6.07) is 6.17. The molecule has 0 heterocycles. The van der Waals surface area contributed by atoms with E-state index >= 15 is 0 Å². The average molecular weight is 261 g/mol. The van der Waals surface area contributed by atoms with Crippen LogP contribution in [0.5, 0.6) is 0 Å². The van der Waals surface area contributed by atoms with Crippen LogP contribution in [-0.4, -0.2) is 60.0 Å². The van der Waals surface area contributed by atoms with E-state index in [2.05, 4.69) is 0 Å². The molecule has 0 aliphatic carbocycles. The lowest BCUT2D eigenvalue weighted by Gasteiger charge is -2.46. The monoisotopic (exact) mass is 261 g/mol. The van der Waals surface area contributed by atoms with Crippen molar-refractivity contribution in [2.24, 2.45) is 0 Å². The molecule has 0 spiro atoms. The molecule has 1 atom stereocenters. The lowest BCUT2D eigenvalue weighted by Crippen LogP contribution is -2.67. The maximum Gasteiger partial charge on any atom is 0.169 e. The quantitative estimate of drug-likeness (QED) is 0.183. The number of nitrogens with two attached hydrogens (primary N) is 1. The Kier molecular flexibility index (Phi) is 4.14. The Hall–Kier alpha value is -0.595. The molecule has 18 heavy (non-hydrogen) atoms. The van der Waals surface area contributed by atoms with Gasteiger partial charge < -0.3 is 26.2 Å². The van der Waals surface area contributed by atoms with Gasteiger partial charge in [0.25, 0.3) is 0 Å². The minimum absolute atomic E-state index is 0.215. The van der Waals surface area contributed by atoms with Crippen molar-refractivity contribution in [1.29, 1.82) is 0 Å². The number of benzene rings is 1. The summed E-state index contributed by atoms with van der Waals surface area (Å²) in [5, 5.41) is 35.3. The topological polar surface area (TPSA) is 107 Å². The molecule has 0 saturated heterocycles. The number of anilines is 1. The summed E-state index contributed by atoms with van der Waals surface area (Å²) in [7, 11) is 15.2. The van der Waals surface area contributed by atoms with Crippen LogP contribution in [0, 0.1) is 0 Å². The first-order valence-electron chi connectivity index (χ1n) is 4.78. The number of rotatable bonds is 4. The van der Waals surface area contributed by atoms with E-state index in [9.17, 15) is 20.4 Å². The van der Waals surface area contributed by atoms with Crippen molar-refractivity contribution >= 4 is 41.0 Å². The first-order chi connectivity index (χ1) is 7.99. The summed E-state index contributed by atoms with van der Waals surface area (Å²) < 4.78 is 0. The van der Waals surface area contributed by atoms with Crippen LogP contribution in [-0.2, 0) is 0 Å². The third kappa shape index (κ3) is 2.86. The normalized spacial score (nSPS) is 16.2. The van der Waals surface area contributed by atoms with Gasteiger partial charge in [0, 0.05) is 16.0 Å². The van der Waals surface area contributed by atoms with Gasteiger partial charge in [-0.2, -0.15) is 0 Å². The molecule has 1 aromatic carbocycles.